The first-order valence-corrected chi connectivity index (χ1v) is 10.3. The number of aromatic nitrogens is 4. The molecule has 0 unspecified atom stereocenters. The highest BCUT2D eigenvalue weighted by Gasteiger charge is 2.52. The predicted molar refractivity (Wildman–Crippen MR) is 108 cm³/mol. The number of carbonyl (C=O) groups is 1. The van der Waals surface area contributed by atoms with E-state index < -0.39 is 0 Å². The largest absolute Gasteiger partial charge is 0.489 e. The predicted octanol–water partition coefficient (Wildman–Crippen LogP) is 2.30. The number of amides is 1. The van der Waals surface area contributed by atoms with Gasteiger partial charge in [0, 0.05) is 17.5 Å². The molecule has 4 N–H and O–H groups in total. The van der Waals surface area contributed by atoms with Crippen molar-refractivity contribution >= 4 is 5.91 Å². The molecule has 0 spiro atoms. The molecule has 0 aliphatic heterocycles. The highest BCUT2D eigenvalue weighted by atomic mass is 19.1. The van der Waals surface area contributed by atoms with E-state index in [4.69, 9.17) is 10.5 Å². The molecule has 0 radical (unpaired) electrons. The quantitative estimate of drug-likeness (QED) is 0.610. The third-order valence-electron chi connectivity index (χ3n) is 6.84. The van der Waals surface area contributed by atoms with Crippen LogP contribution in [0.15, 0.2) is 36.2 Å². The fraction of sp³-hybridized carbons (Fsp3) is 0.524. The summed E-state index contributed by atoms with van der Waals surface area (Å²) >= 11 is 0. The monoisotopic (exact) mass is 414 g/mol. The van der Waals surface area contributed by atoms with E-state index in [1.165, 1.54) is 5.56 Å². The number of hydrogen-bond donors (Lipinski definition) is 3. The average Bonchev–Trinajstić information content (AvgIpc) is 3.33. The number of aromatic amines is 1. The SMILES string of the molecule is NC/C(=C\F)COc1ccc(C23CCC(C(=O)NCc4nnn[nH]4)(CC2)CC3)cc1. The number of rotatable bonds is 8. The Bertz CT molecular complexity index is 872. The molecule has 1 heterocycles. The standard InChI is InChI=1S/C21H27FN6O2/c22-11-15(12-23)14-30-17-3-1-16(2-4-17)20-5-8-21(9-6-20,10-7-20)19(29)24-13-18-25-27-28-26-18/h1-4,11H,5-10,12-14,23H2,(H,24,29)(H,25,26,27,28)/b15-11+. The van der Waals surface area contributed by atoms with Gasteiger partial charge in [0.05, 0.1) is 12.9 Å². The van der Waals surface area contributed by atoms with Crippen molar-refractivity contribution in [1.29, 1.82) is 0 Å². The van der Waals surface area contributed by atoms with Crippen molar-refractivity contribution in [3.63, 3.8) is 0 Å². The Hall–Kier alpha value is -2.81. The molecule has 8 nitrogen and oxygen atoms in total. The van der Waals surface area contributed by atoms with Crippen molar-refractivity contribution in [3.8, 4) is 5.75 Å². The number of hydrogen-bond acceptors (Lipinski definition) is 6. The van der Waals surface area contributed by atoms with Crippen LogP contribution in [0.5, 0.6) is 5.75 Å². The lowest BCUT2D eigenvalue weighted by Crippen LogP contribution is -2.51. The average molecular weight is 414 g/mol. The third kappa shape index (κ3) is 3.94. The molecular formula is C21H27FN6O2. The molecule has 0 atom stereocenters. The number of nitrogens with one attached hydrogen (secondary N) is 2. The summed E-state index contributed by atoms with van der Waals surface area (Å²) in [5, 5.41) is 16.5. The van der Waals surface area contributed by atoms with Crippen LogP contribution in [-0.4, -0.2) is 39.7 Å². The smallest absolute Gasteiger partial charge is 0.226 e. The zero-order valence-electron chi connectivity index (χ0n) is 16.9. The number of fused-ring (bicyclic) bond motifs is 3. The second-order valence-electron chi connectivity index (χ2n) is 8.38. The Morgan fingerprint density at radius 1 is 1.20 bits per heavy atom. The van der Waals surface area contributed by atoms with Gasteiger partial charge in [0.25, 0.3) is 0 Å². The Kier molecular flexibility index (Phi) is 5.80. The number of nitrogens with two attached hydrogens (primary N) is 1. The molecule has 5 rings (SSSR count). The van der Waals surface area contributed by atoms with Gasteiger partial charge in [-0.1, -0.05) is 12.1 Å². The minimum atomic E-state index is -0.282. The summed E-state index contributed by atoms with van der Waals surface area (Å²) in [6.45, 7) is 0.616. The van der Waals surface area contributed by atoms with E-state index in [1.807, 2.05) is 12.1 Å². The number of H-pyrrole nitrogens is 1. The van der Waals surface area contributed by atoms with E-state index in [9.17, 15) is 9.18 Å². The van der Waals surface area contributed by atoms with E-state index in [0.29, 0.717) is 30.0 Å². The molecule has 2 bridgehead atoms. The fourth-order valence-electron chi connectivity index (χ4n) is 4.78. The Labute approximate surface area is 174 Å². The van der Waals surface area contributed by atoms with Crippen molar-refractivity contribution in [2.24, 2.45) is 11.1 Å². The summed E-state index contributed by atoms with van der Waals surface area (Å²) in [5.74, 6) is 1.36. The van der Waals surface area contributed by atoms with Crippen molar-refractivity contribution in [3.05, 3.63) is 47.6 Å². The van der Waals surface area contributed by atoms with Crippen molar-refractivity contribution in [2.45, 2.75) is 50.5 Å². The highest BCUT2D eigenvalue weighted by Crippen LogP contribution is 2.57. The van der Waals surface area contributed by atoms with Crippen molar-refractivity contribution in [2.75, 3.05) is 13.2 Å². The topological polar surface area (TPSA) is 119 Å². The molecule has 30 heavy (non-hydrogen) atoms. The third-order valence-corrected chi connectivity index (χ3v) is 6.84. The maximum absolute atomic E-state index is 12.9. The second-order valence-corrected chi connectivity index (χ2v) is 8.38. The van der Waals surface area contributed by atoms with Crippen LogP contribution in [-0.2, 0) is 16.8 Å². The Balaban J connectivity index is 1.36. The summed E-state index contributed by atoms with van der Waals surface area (Å²) in [6, 6.07) is 8.08. The van der Waals surface area contributed by atoms with Gasteiger partial charge in [-0.05, 0) is 72.1 Å². The van der Waals surface area contributed by atoms with Crippen LogP contribution in [0.4, 0.5) is 4.39 Å². The van der Waals surface area contributed by atoms with E-state index in [2.05, 4.69) is 38.1 Å². The first-order valence-electron chi connectivity index (χ1n) is 10.3. The van der Waals surface area contributed by atoms with Gasteiger partial charge in [-0.15, -0.1) is 5.10 Å². The molecule has 3 aliphatic carbocycles. The highest BCUT2D eigenvalue weighted by molar-refractivity contribution is 5.83. The number of carbonyl (C=O) groups excluding carboxylic acids is 1. The van der Waals surface area contributed by atoms with Crippen molar-refractivity contribution in [1.82, 2.24) is 25.9 Å². The van der Waals surface area contributed by atoms with Gasteiger partial charge in [-0.3, -0.25) is 4.79 Å². The Morgan fingerprint density at radius 3 is 2.47 bits per heavy atom. The number of ether oxygens (including phenoxy) is 1. The first kappa shape index (κ1) is 20.5. The molecule has 1 amide bonds. The van der Waals surface area contributed by atoms with Crippen LogP contribution in [0, 0.1) is 5.41 Å². The summed E-state index contributed by atoms with van der Waals surface area (Å²) in [6.07, 6.45) is 6.13. The lowest BCUT2D eigenvalue weighted by molar-refractivity contribution is -0.138. The van der Waals surface area contributed by atoms with Gasteiger partial charge in [0.15, 0.2) is 5.82 Å². The second kappa shape index (κ2) is 8.51. The van der Waals surface area contributed by atoms with E-state index in [-0.39, 0.29) is 29.9 Å². The van der Waals surface area contributed by atoms with E-state index in [1.54, 1.807) is 0 Å². The van der Waals surface area contributed by atoms with Gasteiger partial charge in [-0.25, -0.2) is 9.49 Å². The number of nitrogens with zero attached hydrogens (tertiary/aromatic N) is 3. The molecular weight excluding hydrogens is 387 g/mol. The zero-order chi connectivity index (χ0) is 21.0. The summed E-state index contributed by atoms with van der Waals surface area (Å²) < 4.78 is 18.2. The van der Waals surface area contributed by atoms with Gasteiger partial charge in [0.2, 0.25) is 5.91 Å². The maximum atomic E-state index is 12.9. The summed E-state index contributed by atoms with van der Waals surface area (Å²) in [5.41, 5.74) is 7.01. The molecule has 3 saturated carbocycles. The summed E-state index contributed by atoms with van der Waals surface area (Å²) in [7, 11) is 0. The van der Waals surface area contributed by atoms with Crippen LogP contribution < -0.4 is 15.8 Å². The molecule has 3 fully saturated rings. The van der Waals surface area contributed by atoms with Crippen LogP contribution in [0.1, 0.15) is 49.9 Å². The van der Waals surface area contributed by atoms with E-state index >= 15 is 0 Å². The lowest BCUT2D eigenvalue weighted by atomic mass is 9.51. The molecule has 160 valence electrons. The molecule has 1 aromatic carbocycles. The lowest BCUT2D eigenvalue weighted by Gasteiger charge is -2.52. The number of benzene rings is 1. The molecule has 2 aromatic rings. The minimum Gasteiger partial charge on any atom is -0.489 e. The fourth-order valence-corrected chi connectivity index (χ4v) is 4.78. The van der Waals surface area contributed by atoms with Crippen LogP contribution in [0.2, 0.25) is 0 Å². The number of tetrazole rings is 1. The molecule has 0 saturated heterocycles. The van der Waals surface area contributed by atoms with Gasteiger partial charge in [0.1, 0.15) is 12.4 Å². The van der Waals surface area contributed by atoms with Crippen LogP contribution in [0.3, 0.4) is 0 Å². The van der Waals surface area contributed by atoms with Gasteiger partial charge in [-0.2, -0.15) is 0 Å². The first-order chi connectivity index (χ1) is 14.6. The van der Waals surface area contributed by atoms with Gasteiger partial charge < -0.3 is 15.8 Å². The minimum absolute atomic E-state index is 0.104. The van der Waals surface area contributed by atoms with Crippen LogP contribution >= 0.6 is 0 Å². The van der Waals surface area contributed by atoms with Gasteiger partial charge >= 0.3 is 0 Å². The summed E-state index contributed by atoms with van der Waals surface area (Å²) in [4.78, 5) is 12.9. The zero-order valence-corrected chi connectivity index (χ0v) is 16.9. The molecule has 9 heteroatoms. The maximum Gasteiger partial charge on any atom is 0.226 e. The van der Waals surface area contributed by atoms with Crippen molar-refractivity contribution < 1.29 is 13.9 Å². The molecule has 1 aromatic heterocycles. The molecule has 3 aliphatic rings. The number of halogens is 1. The van der Waals surface area contributed by atoms with E-state index in [0.717, 1.165) is 38.5 Å². The normalized spacial score (nSPS) is 25.9. The van der Waals surface area contributed by atoms with Crippen LogP contribution in [0.25, 0.3) is 0 Å². The Morgan fingerprint density at radius 2 is 1.90 bits per heavy atom.